The fourth-order valence-corrected chi connectivity index (χ4v) is 4.79. The van der Waals surface area contributed by atoms with Gasteiger partial charge < -0.3 is 4.84 Å². The molecule has 148 valence electrons. The lowest BCUT2D eigenvalue weighted by Crippen LogP contribution is -2.29. The third-order valence-electron chi connectivity index (χ3n) is 4.97. The molecule has 2 aromatic carbocycles. The van der Waals surface area contributed by atoms with Crippen LogP contribution in [0.2, 0.25) is 0 Å². The molecule has 0 aromatic heterocycles. The van der Waals surface area contributed by atoms with Gasteiger partial charge in [-0.2, -0.15) is 0 Å². The quantitative estimate of drug-likeness (QED) is 0.454. The van der Waals surface area contributed by atoms with Crippen LogP contribution in [-0.4, -0.2) is 27.5 Å². The van der Waals surface area contributed by atoms with Crippen LogP contribution in [0, 0.1) is 15.9 Å². The van der Waals surface area contributed by atoms with Crippen molar-refractivity contribution in [2.75, 3.05) is 6.61 Å². The van der Waals surface area contributed by atoms with Gasteiger partial charge >= 0.3 is 0 Å². The zero-order chi connectivity index (χ0) is 20.3. The maximum Gasteiger partial charge on any atom is 0.294 e. The maximum atomic E-state index is 14.7. The Morgan fingerprint density at radius 2 is 2.00 bits per heavy atom. The molecule has 0 spiro atoms. The number of aliphatic imine (C=N–C) groups is 1. The summed E-state index contributed by atoms with van der Waals surface area (Å²) >= 11 is 1.60. The van der Waals surface area contributed by atoms with Crippen molar-refractivity contribution in [2.45, 2.75) is 43.9 Å². The van der Waals surface area contributed by atoms with Crippen LogP contribution >= 0.6 is 11.8 Å². The number of hydrogen-bond donors (Lipinski definition) is 0. The molecule has 1 heterocycles. The first kappa shape index (κ1) is 20.3. The van der Waals surface area contributed by atoms with Gasteiger partial charge in [0.1, 0.15) is 5.82 Å². The smallest absolute Gasteiger partial charge is 0.294 e. The summed E-state index contributed by atoms with van der Waals surface area (Å²) in [5.41, 5.74) is 1.93. The number of hydrogen-bond acceptors (Lipinski definition) is 5. The summed E-state index contributed by atoms with van der Waals surface area (Å²) < 4.78 is 14.7. The van der Waals surface area contributed by atoms with Gasteiger partial charge in [0.15, 0.2) is 0 Å². The van der Waals surface area contributed by atoms with Crippen LogP contribution in [0.15, 0.2) is 53.5 Å². The van der Waals surface area contributed by atoms with E-state index in [1.54, 1.807) is 17.8 Å². The molecule has 2 unspecified atom stereocenters. The SMILES string of the molecule is CC(C1=NC(C)(C)C(CCO[N+](=O)[O-])S1)c1ccc(-c2ccccc2)c(F)c1. The van der Waals surface area contributed by atoms with Crippen LogP contribution in [0.3, 0.4) is 0 Å². The van der Waals surface area contributed by atoms with Crippen molar-refractivity contribution >= 4 is 16.8 Å². The minimum Gasteiger partial charge on any atom is -0.314 e. The molecule has 0 saturated carbocycles. The Kier molecular flexibility index (Phi) is 6.03. The van der Waals surface area contributed by atoms with Crippen LogP contribution in [0.1, 0.15) is 38.7 Å². The van der Waals surface area contributed by atoms with E-state index >= 15 is 0 Å². The molecule has 1 aliphatic heterocycles. The van der Waals surface area contributed by atoms with Gasteiger partial charge in [-0.05, 0) is 37.5 Å². The van der Waals surface area contributed by atoms with E-state index in [0.29, 0.717) is 12.0 Å². The normalized spacial score (nSPS) is 19.1. The van der Waals surface area contributed by atoms with E-state index in [2.05, 4.69) is 4.84 Å². The average molecular weight is 402 g/mol. The molecule has 0 fully saturated rings. The van der Waals surface area contributed by atoms with Gasteiger partial charge in [-0.25, -0.2) is 4.39 Å². The Morgan fingerprint density at radius 3 is 2.64 bits per heavy atom. The van der Waals surface area contributed by atoms with Gasteiger partial charge in [-0.15, -0.1) is 21.9 Å². The molecule has 0 bridgehead atoms. The lowest BCUT2D eigenvalue weighted by molar-refractivity contribution is -0.757. The van der Waals surface area contributed by atoms with E-state index in [0.717, 1.165) is 16.2 Å². The second-order valence-electron chi connectivity index (χ2n) is 7.38. The van der Waals surface area contributed by atoms with Gasteiger partial charge in [0, 0.05) is 16.7 Å². The van der Waals surface area contributed by atoms with Crippen LogP contribution in [0.25, 0.3) is 11.1 Å². The molecule has 5 nitrogen and oxygen atoms in total. The molecule has 2 atom stereocenters. The van der Waals surface area contributed by atoms with E-state index in [1.165, 1.54) is 0 Å². The van der Waals surface area contributed by atoms with Gasteiger partial charge in [0.25, 0.3) is 5.09 Å². The average Bonchev–Trinajstić information content (AvgIpc) is 2.96. The fraction of sp³-hybridized carbons (Fsp3) is 0.381. The highest BCUT2D eigenvalue weighted by Crippen LogP contribution is 2.42. The van der Waals surface area contributed by atoms with Crippen LogP contribution in [0.5, 0.6) is 0 Å². The molecule has 0 radical (unpaired) electrons. The maximum absolute atomic E-state index is 14.7. The van der Waals surface area contributed by atoms with Gasteiger partial charge in [-0.3, -0.25) is 4.99 Å². The first-order valence-corrected chi connectivity index (χ1v) is 10.0. The second kappa shape index (κ2) is 8.31. The van der Waals surface area contributed by atoms with Crippen molar-refractivity contribution in [2.24, 2.45) is 4.99 Å². The van der Waals surface area contributed by atoms with Crippen molar-refractivity contribution in [1.82, 2.24) is 0 Å². The molecular formula is C21H23FN2O3S. The van der Waals surface area contributed by atoms with Crippen LogP contribution < -0.4 is 0 Å². The third kappa shape index (κ3) is 4.52. The zero-order valence-corrected chi connectivity index (χ0v) is 16.9. The Morgan fingerprint density at radius 1 is 1.29 bits per heavy atom. The van der Waals surface area contributed by atoms with E-state index < -0.39 is 5.09 Å². The van der Waals surface area contributed by atoms with Gasteiger partial charge in [0.05, 0.1) is 17.2 Å². The molecule has 0 aliphatic carbocycles. The first-order chi connectivity index (χ1) is 13.3. The first-order valence-electron chi connectivity index (χ1n) is 9.16. The van der Waals surface area contributed by atoms with Crippen molar-refractivity contribution < 1.29 is 14.3 Å². The number of halogens is 1. The summed E-state index contributed by atoms with van der Waals surface area (Å²) in [5.74, 6) is -0.306. The fourth-order valence-electron chi connectivity index (χ4n) is 3.31. The number of rotatable bonds is 7. The molecule has 0 amide bonds. The van der Waals surface area contributed by atoms with Gasteiger partial charge in [-0.1, -0.05) is 49.4 Å². The Bertz CT molecular complexity index is 886. The number of thioether (sulfide) groups is 1. The molecule has 0 N–H and O–H groups in total. The highest BCUT2D eigenvalue weighted by atomic mass is 32.2. The van der Waals surface area contributed by atoms with Crippen molar-refractivity contribution in [3.63, 3.8) is 0 Å². The Balaban J connectivity index is 1.74. The molecule has 2 aromatic rings. The largest absolute Gasteiger partial charge is 0.314 e. The topological polar surface area (TPSA) is 64.7 Å². The predicted octanol–water partition coefficient (Wildman–Crippen LogP) is 5.49. The van der Waals surface area contributed by atoms with E-state index in [1.807, 2.05) is 63.2 Å². The summed E-state index contributed by atoms with van der Waals surface area (Å²) in [6.45, 7) is 6.08. The lowest BCUT2D eigenvalue weighted by atomic mass is 9.96. The summed E-state index contributed by atoms with van der Waals surface area (Å²) in [5, 5.41) is 10.6. The summed E-state index contributed by atoms with van der Waals surface area (Å²) in [6.07, 6.45) is 0.527. The zero-order valence-electron chi connectivity index (χ0n) is 16.1. The molecular weight excluding hydrogens is 379 g/mol. The standard InChI is InChI=1S/C21H23FN2O3S/c1-14(20-23-21(2,3)19(28-20)11-12-27-24(25)26)16-9-10-17(18(22)13-16)15-7-5-4-6-8-15/h4-10,13-14,19H,11-12H2,1-3H3. The number of nitrogens with zero attached hydrogens (tertiary/aromatic N) is 2. The molecule has 28 heavy (non-hydrogen) atoms. The van der Waals surface area contributed by atoms with Crippen molar-refractivity contribution in [3.8, 4) is 11.1 Å². The summed E-state index contributed by atoms with van der Waals surface area (Å²) in [6, 6.07) is 14.8. The highest BCUT2D eigenvalue weighted by Gasteiger charge is 2.38. The number of benzene rings is 2. The van der Waals surface area contributed by atoms with Crippen molar-refractivity contribution in [3.05, 3.63) is 70.0 Å². The minimum atomic E-state index is -0.770. The minimum absolute atomic E-state index is 0.0473. The van der Waals surface area contributed by atoms with Gasteiger partial charge in [0.2, 0.25) is 0 Å². The van der Waals surface area contributed by atoms with Crippen LogP contribution in [0.4, 0.5) is 4.39 Å². The second-order valence-corrected chi connectivity index (χ2v) is 8.61. The highest BCUT2D eigenvalue weighted by molar-refractivity contribution is 8.14. The van der Waals surface area contributed by atoms with E-state index in [-0.39, 0.29) is 29.1 Å². The van der Waals surface area contributed by atoms with Crippen molar-refractivity contribution in [1.29, 1.82) is 0 Å². The Hall–Kier alpha value is -2.41. The summed E-state index contributed by atoms with van der Waals surface area (Å²) in [4.78, 5) is 19.6. The molecule has 0 saturated heterocycles. The molecule has 7 heteroatoms. The Labute approximate surface area is 168 Å². The third-order valence-corrected chi connectivity index (χ3v) is 6.76. The summed E-state index contributed by atoms with van der Waals surface area (Å²) in [7, 11) is 0. The van der Waals surface area contributed by atoms with Crippen LogP contribution in [-0.2, 0) is 4.84 Å². The predicted molar refractivity (Wildman–Crippen MR) is 111 cm³/mol. The molecule has 1 aliphatic rings. The molecule has 3 rings (SSSR count). The van der Waals surface area contributed by atoms with E-state index in [9.17, 15) is 14.5 Å². The van der Waals surface area contributed by atoms with E-state index in [4.69, 9.17) is 4.99 Å². The monoisotopic (exact) mass is 402 g/mol. The lowest BCUT2D eigenvalue weighted by Gasteiger charge is -2.22.